The number of likely N-dealkylation sites (tertiary alicyclic amines) is 1. The molecular weight excluding hydrogens is 336 g/mol. The Morgan fingerprint density at radius 1 is 1.08 bits per heavy atom. The maximum atomic E-state index is 6.26. The fourth-order valence-electron chi connectivity index (χ4n) is 3.21. The summed E-state index contributed by atoms with van der Waals surface area (Å²) in [5, 5.41) is 9.26. The topological polar surface area (TPSA) is 55.1 Å². The van der Waals surface area contributed by atoms with Crippen LogP contribution >= 0.6 is 11.6 Å². The standard InChI is InChI=1S/C19H19ClN4O/c20-17-6-2-1-4-16(17)13-24-10-7-14(8-11-24)18-22-23-19(25-18)15-5-3-9-21-12-15/h1-6,9,12,14H,7-8,10-11,13H2. The minimum Gasteiger partial charge on any atom is -0.420 e. The molecule has 1 aliphatic heterocycles. The zero-order valence-electron chi connectivity index (χ0n) is 13.8. The predicted molar refractivity (Wildman–Crippen MR) is 96.2 cm³/mol. The maximum Gasteiger partial charge on any atom is 0.249 e. The van der Waals surface area contributed by atoms with Crippen molar-refractivity contribution in [3.63, 3.8) is 0 Å². The normalized spacial score (nSPS) is 16.2. The summed E-state index contributed by atoms with van der Waals surface area (Å²) in [6.07, 6.45) is 5.50. The monoisotopic (exact) mass is 354 g/mol. The summed E-state index contributed by atoms with van der Waals surface area (Å²) in [5.41, 5.74) is 2.04. The summed E-state index contributed by atoms with van der Waals surface area (Å²) < 4.78 is 5.88. The molecule has 0 N–H and O–H groups in total. The van der Waals surface area contributed by atoms with Crippen LogP contribution in [0, 0.1) is 0 Å². The predicted octanol–water partition coefficient (Wildman–Crippen LogP) is 4.16. The zero-order valence-corrected chi connectivity index (χ0v) is 14.6. The summed E-state index contributed by atoms with van der Waals surface area (Å²) in [4.78, 5) is 6.52. The van der Waals surface area contributed by atoms with Crippen LogP contribution in [0.25, 0.3) is 11.5 Å². The minimum absolute atomic E-state index is 0.320. The number of benzene rings is 1. The lowest BCUT2D eigenvalue weighted by Crippen LogP contribution is -2.32. The summed E-state index contributed by atoms with van der Waals surface area (Å²) in [6.45, 7) is 2.89. The van der Waals surface area contributed by atoms with Gasteiger partial charge in [0.2, 0.25) is 11.8 Å². The number of pyridine rings is 1. The molecule has 128 valence electrons. The van der Waals surface area contributed by atoms with Crippen molar-refractivity contribution in [3.8, 4) is 11.5 Å². The molecule has 0 saturated carbocycles. The molecule has 1 saturated heterocycles. The molecule has 1 fully saturated rings. The Bertz CT molecular complexity index is 828. The third-order valence-corrected chi connectivity index (χ3v) is 5.01. The van der Waals surface area contributed by atoms with Crippen molar-refractivity contribution in [3.05, 3.63) is 65.3 Å². The fraction of sp³-hybridized carbons (Fsp3) is 0.316. The van der Waals surface area contributed by atoms with E-state index in [0.29, 0.717) is 11.8 Å². The minimum atomic E-state index is 0.320. The smallest absolute Gasteiger partial charge is 0.249 e. The van der Waals surface area contributed by atoms with Crippen molar-refractivity contribution in [2.45, 2.75) is 25.3 Å². The maximum absolute atomic E-state index is 6.26. The van der Waals surface area contributed by atoms with Crippen LogP contribution in [0.4, 0.5) is 0 Å². The second kappa shape index (κ2) is 7.33. The molecule has 5 nitrogen and oxygen atoms in total. The number of aromatic nitrogens is 3. The highest BCUT2D eigenvalue weighted by Gasteiger charge is 2.25. The second-order valence-corrected chi connectivity index (χ2v) is 6.74. The number of nitrogens with zero attached hydrogens (tertiary/aromatic N) is 4. The van der Waals surface area contributed by atoms with Crippen LogP contribution in [-0.2, 0) is 6.54 Å². The summed E-state index contributed by atoms with van der Waals surface area (Å²) >= 11 is 6.26. The molecule has 0 bridgehead atoms. The van der Waals surface area contributed by atoms with E-state index in [2.05, 4.69) is 26.1 Å². The van der Waals surface area contributed by atoms with Gasteiger partial charge in [0.1, 0.15) is 0 Å². The van der Waals surface area contributed by atoms with Gasteiger partial charge in [-0.15, -0.1) is 10.2 Å². The van der Waals surface area contributed by atoms with E-state index in [1.807, 2.05) is 30.3 Å². The highest BCUT2D eigenvalue weighted by atomic mass is 35.5. The van der Waals surface area contributed by atoms with E-state index in [1.54, 1.807) is 12.4 Å². The number of rotatable bonds is 4. The van der Waals surface area contributed by atoms with E-state index in [9.17, 15) is 0 Å². The average Bonchev–Trinajstić information content (AvgIpc) is 3.15. The molecule has 4 rings (SSSR count). The first-order valence-corrected chi connectivity index (χ1v) is 8.87. The SMILES string of the molecule is Clc1ccccc1CN1CCC(c2nnc(-c3cccnc3)o2)CC1. The number of hydrogen-bond acceptors (Lipinski definition) is 5. The van der Waals surface area contributed by atoms with Crippen molar-refractivity contribution in [2.75, 3.05) is 13.1 Å². The molecule has 0 spiro atoms. The van der Waals surface area contributed by atoms with E-state index in [0.717, 1.165) is 49.0 Å². The zero-order chi connectivity index (χ0) is 17.1. The van der Waals surface area contributed by atoms with Gasteiger partial charge in [-0.2, -0.15) is 0 Å². The van der Waals surface area contributed by atoms with E-state index in [4.69, 9.17) is 16.0 Å². The van der Waals surface area contributed by atoms with Crippen LogP contribution in [-0.4, -0.2) is 33.2 Å². The molecule has 1 aliphatic rings. The highest BCUT2D eigenvalue weighted by molar-refractivity contribution is 6.31. The Hall–Kier alpha value is -2.24. The van der Waals surface area contributed by atoms with Gasteiger partial charge < -0.3 is 4.42 Å². The molecule has 3 aromatic rings. The molecule has 2 aromatic heterocycles. The molecule has 1 aromatic carbocycles. The Labute approximate surface area is 151 Å². The van der Waals surface area contributed by atoms with Gasteiger partial charge in [0.05, 0.1) is 5.56 Å². The lowest BCUT2D eigenvalue weighted by Gasteiger charge is -2.30. The largest absolute Gasteiger partial charge is 0.420 e. The number of hydrogen-bond donors (Lipinski definition) is 0. The number of halogens is 1. The van der Waals surface area contributed by atoms with Crippen molar-refractivity contribution in [2.24, 2.45) is 0 Å². The van der Waals surface area contributed by atoms with Crippen LogP contribution in [0.2, 0.25) is 5.02 Å². The molecule has 0 unspecified atom stereocenters. The first kappa shape index (κ1) is 16.2. The van der Waals surface area contributed by atoms with E-state index >= 15 is 0 Å². The fourth-order valence-corrected chi connectivity index (χ4v) is 3.41. The van der Waals surface area contributed by atoms with Gasteiger partial charge in [-0.1, -0.05) is 29.8 Å². The summed E-state index contributed by atoms with van der Waals surface area (Å²) in [5.74, 6) is 1.60. The average molecular weight is 355 g/mol. The van der Waals surface area contributed by atoms with Gasteiger partial charge >= 0.3 is 0 Å². The Kier molecular flexibility index (Phi) is 4.76. The van der Waals surface area contributed by atoms with E-state index in [1.165, 1.54) is 5.56 Å². The number of piperidine rings is 1. The van der Waals surface area contributed by atoms with Gasteiger partial charge in [0.15, 0.2) is 0 Å². The Morgan fingerprint density at radius 2 is 1.92 bits per heavy atom. The van der Waals surface area contributed by atoms with Crippen LogP contribution in [0.5, 0.6) is 0 Å². The van der Waals surface area contributed by atoms with E-state index < -0.39 is 0 Å². The molecule has 0 amide bonds. The molecule has 25 heavy (non-hydrogen) atoms. The van der Waals surface area contributed by atoms with Crippen LogP contribution in [0.15, 0.2) is 53.2 Å². The van der Waals surface area contributed by atoms with Crippen LogP contribution < -0.4 is 0 Å². The Balaban J connectivity index is 1.38. The molecule has 0 aliphatic carbocycles. The van der Waals surface area contributed by atoms with Gasteiger partial charge in [-0.05, 0) is 49.7 Å². The molecule has 6 heteroatoms. The third kappa shape index (κ3) is 3.72. The van der Waals surface area contributed by atoms with Gasteiger partial charge in [-0.3, -0.25) is 9.88 Å². The van der Waals surface area contributed by atoms with E-state index in [-0.39, 0.29) is 0 Å². The second-order valence-electron chi connectivity index (χ2n) is 6.33. The molecular formula is C19H19ClN4O. The third-order valence-electron chi connectivity index (χ3n) is 4.64. The van der Waals surface area contributed by atoms with Gasteiger partial charge in [0, 0.05) is 29.9 Å². The first-order valence-electron chi connectivity index (χ1n) is 8.49. The van der Waals surface area contributed by atoms with Crippen LogP contribution in [0.1, 0.15) is 30.2 Å². The van der Waals surface area contributed by atoms with Crippen molar-refractivity contribution in [1.29, 1.82) is 0 Å². The van der Waals surface area contributed by atoms with Crippen molar-refractivity contribution < 1.29 is 4.42 Å². The first-order chi connectivity index (χ1) is 12.3. The summed E-state index contributed by atoms with van der Waals surface area (Å²) in [6, 6.07) is 11.8. The van der Waals surface area contributed by atoms with Crippen LogP contribution in [0.3, 0.4) is 0 Å². The lowest BCUT2D eigenvalue weighted by molar-refractivity contribution is 0.193. The van der Waals surface area contributed by atoms with Gasteiger partial charge in [0.25, 0.3) is 0 Å². The lowest BCUT2D eigenvalue weighted by atomic mass is 9.96. The quantitative estimate of drug-likeness (QED) is 0.704. The highest BCUT2D eigenvalue weighted by Crippen LogP contribution is 2.30. The van der Waals surface area contributed by atoms with Crippen molar-refractivity contribution >= 4 is 11.6 Å². The molecule has 3 heterocycles. The van der Waals surface area contributed by atoms with Gasteiger partial charge in [-0.25, -0.2) is 0 Å². The van der Waals surface area contributed by atoms with Crippen molar-refractivity contribution in [1.82, 2.24) is 20.1 Å². The summed E-state index contributed by atoms with van der Waals surface area (Å²) in [7, 11) is 0. The Morgan fingerprint density at radius 3 is 2.68 bits per heavy atom. The molecule has 0 atom stereocenters. The molecule has 0 radical (unpaired) electrons.